The molecule has 0 aliphatic heterocycles. The van der Waals surface area contributed by atoms with Crippen molar-refractivity contribution in [2.24, 2.45) is 7.05 Å². The normalized spacial score (nSPS) is 12.4. The molecule has 1 N–H and O–H groups in total. The number of nitrogens with zero attached hydrogens (tertiary/aromatic N) is 2. The SMILES string of the molecule is CCCCc1ccc(NC(C)c2nccn2C)cc1. The highest BCUT2D eigenvalue weighted by Crippen LogP contribution is 2.18. The number of nitrogens with one attached hydrogen (secondary N) is 1. The zero-order valence-corrected chi connectivity index (χ0v) is 12.1. The van der Waals surface area contributed by atoms with Gasteiger partial charge in [0, 0.05) is 25.1 Å². The molecule has 3 nitrogen and oxygen atoms in total. The van der Waals surface area contributed by atoms with Crippen LogP contribution in [0.3, 0.4) is 0 Å². The average molecular weight is 257 g/mol. The Morgan fingerprint density at radius 3 is 2.58 bits per heavy atom. The van der Waals surface area contributed by atoms with Crippen LogP contribution in [0.1, 0.15) is 44.1 Å². The van der Waals surface area contributed by atoms with Gasteiger partial charge in [0.2, 0.25) is 0 Å². The first kappa shape index (κ1) is 13.7. The van der Waals surface area contributed by atoms with Crippen LogP contribution >= 0.6 is 0 Å². The van der Waals surface area contributed by atoms with Gasteiger partial charge in [-0.15, -0.1) is 0 Å². The second-order valence-corrected chi connectivity index (χ2v) is 5.06. The van der Waals surface area contributed by atoms with E-state index in [0.717, 1.165) is 11.5 Å². The average Bonchev–Trinajstić information content (AvgIpc) is 2.84. The summed E-state index contributed by atoms with van der Waals surface area (Å²) in [7, 11) is 2.02. The maximum atomic E-state index is 4.37. The summed E-state index contributed by atoms with van der Waals surface area (Å²) in [5.74, 6) is 1.05. The van der Waals surface area contributed by atoms with E-state index in [4.69, 9.17) is 0 Å². The molecule has 0 radical (unpaired) electrons. The topological polar surface area (TPSA) is 29.9 Å². The van der Waals surface area contributed by atoms with Crippen molar-refractivity contribution in [2.75, 3.05) is 5.32 Å². The van der Waals surface area contributed by atoms with E-state index >= 15 is 0 Å². The van der Waals surface area contributed by atoms with Crippen molar-refractivity contribution in [3.63, 3.8) is 0 Å². The van der Waals surface area contributed by atoms with Crippen LogP contribution in [-0.2, 0) is 13.5 Å². The maximum Gasteiger partial charge on any atom is 0.130 e. The Labute approximate surface area is 115 Å². The number of aromatic nitrogens is 2. The first-order valence-electron chi connectivity index (χ1n) is 7.03. The van der Waals surface area contributed by atoms with E-state index in [2.05, 4.69) is 48.4 Å². The van der Waals surface area contributed by atoms with Gasteiger partial charge in [0.05, 0.1) is 6.04 Å². The van der Waals surface area contributed by atoms with Gasteiger partial charge in [-0.1, -0.05) is 25.5 Å². The van der Waals surface area contributed by atoms with E-state index in [9.17, 15) is 0 Å². The van der Waals surface area contributed by atoms with Gasteiger partial charge >= 0.3 is 0 Å². The number of imidazole rings is 1. The Morgan fingerprint density at radius 1 is 1.26 bits per heavy atom. The Hall–Kier alpha value is -1.77. The van der Waals surface area contributed by atoms with Gasteiger partial charge in [0.15, 0.2) is 0 Å². The molecule has 1 aromatic heterocycles. The third-order valence-electron chi connectivity index (χ3n) is 3.40. The smallest absolute Gasteiger partial charge is 0.130 e. The minimum absolute atomic E-state index is 0.210. The molecule has 0 amide bonds. The fraction of sp³-hybridized carbons (Fsp3) is 0.438. The minimum Gasteiger partial charge on any atom is -0.375 e. The predicted molar refractivity (Wildman–Crippen MR) is 80.3 cm³/mol. The van der Waals surface area contributed by atoms with Crippen LogP contribution in [-0.4, -0.2) is 9.55 Å². The predicted octanol–water partition coefficient (Wildman–Crippen LogP) is 3.94. The molecule has 0 bridgehead atoms. The lowest BCUT2D eigenvalue weighted by molar-refractivity contribution is 0.721. The van der Waals surface area contributed by atoms with Crippen LogP contribution in [0.5, 0.6) is 0 Å². The molecule has 0 saturated carbocycles. The summed E-state index contributed by atoms with van der Waals surface area (Å²) in [5.41, 5.74) is 2.56. The quantitative estimate of drug-likeness (QED) is 0.849. The molecule has 102 valence electrons. The van der Waals surface area contributed by atoms with Crippen LogP contribution in [0.2, 0.25) is 0 Å². The summed E-state index contributed by atoms with van der Waals surface area (Å²) in [5, 5.41) is 3.49. The first-order chi connectivity index (χ1) is 9.20. The summed E-state index contributed by atoms with van der Waals surface area (Å²) in [6, 6.07) is 8.95. The molecule has 1 atom stereocenters. The monoisotopic (exact) mass is 257 g/mol. The number of anilines is 1. The van der Waals surface area contributed by atoms with E-state index in [1.807, 2.05) is 24.0 Å². The van der Waals surface area contributed by atoms with Crippen molar-refractivity contribution in [2.45, 2.75) is 39.2 Å². The van der Waals surface area contributed by atoms with Crippen molar-refractivity contribution >= 4 is 5.69 Å². The number of rotatable bonds is 6. The molecule has 2 aromatic rings. The zero-order valence-electron chi connectivity index (χ0n) is 12.1. The third kappa shape index (κ3) is 3.60. The van der Waals surface area contributed by atoms with Gasteiger partial charge in [0.25, 0.3) is 0 Å². The molecule has 0 spiro atoms. The maximum absolute atomic E-state index is 4.37. The van der Waals surface area contributed by atoms with Gasteiger partial charge in [-0.25, -0.2) is 4.98 Å². The van der Waals surface area contributed by atoms with Crippen molar-refractivity contribution in [1.29, 1.82) is 0 Å². The van der Waals surface area contributed by atoms with Crippen LogP contribution in [0.25, 0.3) is 0 Å². The number of aryl methyl sites for hydroxylation is 2. The number of hydrogen-bond donors (Lipinski definition) is 1. The molecule has 0 aliphatic carbocycles. The van der Waals surface area contributed by atoms with E-state index in [1.165, 1.54) is 24.8 Å². The van der Waals surface area contributed by atoms with Gasteiger partial charge in [-0.3, -0.25) is 0 Å². The molecular weight excluding hydrogens is 234 g/mol. The molecule has 19 heavy (non-hydrogen) atoms. The Kier molecular flexibility index (Phi) is 4.61. The van der Waals surface area contributed by atoms with Gasteiger partial charge in [0.1, 0.15) is 5.82 Å². The molecule has 0 fully saturated rings. The van der Waals surface area contributed by atoms with Crippen molar-refractivity contribution < 1.29 is 0 Å². The van der Waals surface area contributed by atoms with E-state index in [-0.39, 0.29) is 6.04 Å². The lowest BCUT2D eigenvalue weighted by Crippen LogP contribution is -2.11. The largest absolute Gasteiger partial charge is 0.375 e. The molecule has 1 heterocycles. The third-order valence-corrected chi connectivity index (χ3v) is 3.40. The summed E-state index contributed by atoms with van der Waals surface area (Å²) < 4.78 is 2.05. The van der Waals surface area contributed by atoms with Crippen molar-refractivity contribution in [3.05, 3.63) is 48.0 Å². The molecule has 2 rings (SSSR count). The lowest BCUT2D eigenvalue weighted by atomic mass is 10.1. The van der Waals surface area contributed by atoms with Gasteiger partial charge in [-0.05, 0) is 37.5 Å². The Bertz CT molecular complexity index is 499. The molecule has 0 aliphatic rings. The van der Waals surface area contributed by atoms with Crippen LogP contribution in [0.15, 0.2) is 36.7 Å². The highest BCUT2D eigenvalue weighted by atomic mass is 15.1. The summed E-state index contributed by atoms with van der Waals surface area (Å²) in [6.45, 7) is 4.36. The van der Waals surface area contributed by atoms with Gasteiger partial charge < -0.3 is 9.88 Å². The molecule has 3 heteroatoms. The second-order valence-electron chi connectivity index (χ2n) is 5.06. The number of unbranched alkanes of at least 4 members (excludes halogenated alkanes) is 1. The highest BCUT2D eigenvalue weighted by Gasteiger charge is 2.09. The Balaban J connectivity index is 1.97. The minimum atomic E-state index is 0.210. The molecule has 0 saturated heterocycles. The molecule has 1 aromatic carbocycles. The fourth-order valence-electron chi connectivity index (χ4n) is 2.26. The lowest BCUT2D eigenvalue weighted by Gasteiger charge is -2.15. The summed E-state index contributed by atoms with van der Waals surface area (Å²) in [4.78, 5) is 4.37. The zero-order chi connectivity index (χ0) is 13.7. The molecular formula is C16H23N3. The Morgan fingerprint density at radius 2 is 2.00 bits per heavy atom. The van der Waals surface area contributed by atoms with Gasteiger partial charge in [-0.2, -0.15) is 0 Å². The molecule has 1 unspecified atom stereocenters. The standard InChI is InChI=1S/C16H23N3/c1-4-5-6-14-7-9-15(10-8-14)18-13(2)16-17-11-12-19(16)3/h7-13,18H,4-6H2,1-3H3. The van der Waals surface area contributed by atoms with Crippen LogP contribution in [0, 0.1) is 0 Å². The fourth-order valence-corrected chi connectivity index (χ4v) is 2.26. The van der Waals surface area contributed by atoms with Crippen LogP contribution in [0.4, 0.5) is 5.69 Å². The van der Waals surface area contributed by atoms with E-state index < -0.39 is 0 Å². The second kappa shape index (κ2) is 6.41. The highest BCUT2D eigenvalue weighted by molar-refractivity contribution is 5.45. The van der Waals surface area contributed by atoms with E-state index in [1.54, 1.807) is 0 Å². The first-order valence-corrected chi connectivity index (χ1v) is 7.03. The summed E-state index contributed by atoms with van der Waals surface area (Å²) >= 11 is 0. The van der Waals surface area contributed by atoms with Crippen molar-refractivity contribution in [1.82, 2.24) is 9.55 Å². The van der Waals surface area contributed by atoms with Crippen LogP contribution < -0.4 is 5.32 Å². The number of hydrogen-bond acceptors (Lipinski definition) is 2. The van der Waals surface area contributed by atoms with Crippen molar-refractivity contribution in [3.8, 4) is 0 Å². The number of benzene rings is 1. The summed E-state index contributed by atoms with van der Waals surface area (Å²) in [6.07, 6.45) is 7.49. The van der Waals surface area contributed by atoms with E-state index in [0.29, 0.717) is 0 Å².